The number of hydrogen-bond acceptors (Lipinski definition) is 6. The number of benzene rings is 4. The van der Waals surface area contributed by atoms with Gasteiger partial charge < -0.3 is 14.3 Å². The average molecular weight is 520 g/mol. The van der Waals surface area contributed by atoms with E-state index >= 15 is 4.39 Å². The van der Waals surface area contributed by atoms with Gasteiger partial charge in [0.05, 0.1) is 23.1 Å². The topological polar surface area (TPSA) is 92.2 Å². The van der Waals surface area contributed by atoms with Crippen LogP contribution in [0, 0.1) is 24.1 Å². The number of phenols is 1. The zero-order valence-corrected chi connectivity index (χ0v) is 20.2. The monoisotopic (exact) mass is 519 g/mol. The van der Waals surface area contributed by atoms with Crippen LogP contribution in [0.5, 0.6) is 17.2 Å². The predicted molar refractivity (Wildman–Crippen MR) is 134 cm³/mol. The maximum atomic E-state index is 15.4. The third-order valence-corrected chi connectivity index (χ3v) is 6.20. The molecule has 0 saturated heterocycles. The van der Waals surface area contributed by atoms with Gasteiger partial charge in [-0.25, -0.2) is 4.39 Å². The first-order chi connectivity index (χ1) is 17.3. The van der Waals surface area contributed by atoms with Crippen molar-refractivity contribution in [3.05, 3.63) is 99.1 Å². The van der Waals surface area contributed by atoms with Crippen LogP contribution in [0.3, 0.4) is 0 Å². The molecule has 178 valence electrons. The van der Waals surface area contributed by atoms with Crippen LogP contribution in [0.1, 0.15) is 22.6 Å². The Morgan fingerprint density at radius 3 is 2.61 bits per heavy atom. The van der Waals surface area contributed by atoms with Crippen molar-refractivity contribution in [2.24, 2.45) is 0 Å². The molecule has 0 aliphatic carbocycles. The lowest BCUT2D eigenvalue weighted by Gasteiger charge is -2.12. The van der Waals surface area contributed by atoms with E-state index in [9.17, 15) is 5.11 Å². The normalized spacial score (nSPS) is 11.0. The minimum atomic E-state index is -0.708. The van der Waals surface area contributed by atoms with E-state index in [1.54, 1.807) is 6.07 Å². The zero-order valence-electron chi connectivity index (χ0n) is 18.7. The lowest BCUT2D eigenvalue weighted by Crippen LogP contribution is -1.98. The molecule has 6 nitrogen and oxygen atoms in total. The number of nitrogens with zero attached hydrogens (tertiary/aromatic N) is 3. The van der Waals surface area contributed by atoms with Gasteiger partial charge in [0.2, 0.25) is 11.8 Å². The molecule has 0 saturated carbocycles. The van der Waals surface area contributed by atoms with Crippen LogP contribution in [0.25, 0.3) is 22.2 Å². The van der Waals surface area contributed by atoms with E-state index in [0.717, 1.165) is 16.3 Å². The van der Waals surface area contributed by atoms with Gasteiger partial charge in [0, 0.05) is 21.5 Å². The van der Waals surface area contributed by atoms with Crippen molar-refractivity contribution in [3.8, 4) is 34.8 Å². The van der Waals surface area contributed by atoms with Crippen molar-refractivity contribution >= 4 is 34.0 Å². The molecule has 1 N–H and O–H groups in total. The van der Waals surface area contributed by atoms with Crippen LogP contribution in [0.15, 0.2) is 65.1 Å². The zero-order chi connectivity index (χ0) is 25.4. The van der Waals surface area contributed by atoms with E-state index in [0.29, 0.717) is 5.56 Å². The van der Waals surface area contributed by atoms with E-state index in [1.807, 2.05) is 37.3 Å². The maximum Gasteiger partial charge on any atom is 0.248 e. The molecule has 0 aliphatic heterocycles. The number of rotatable bonds is 5. The number of phenolic OH excluding ortho intramolecular Hbond substituents is 1. The summed E-state index contributed by atoms with van der Waals surface area (Å²) in [7, 11) is 0. The molecule has 1 aromatic heterocycles. The SMILES string of the molecule is Cc1c(-c2nnc(Cc3ccc(Cl)c(Oc4cc(Cl)cc(C#N)c4)c3F)o2)cc(O)c2ccccc12. The third-order valence-electron chi connectivity index (χ3n) is 5.68. The largest absolute Gasteiger partial charge is 0.507 e. The van der Waals surface area contributed by atoms with Crippen LogP contribution in [0.4, 0.5) is 4.39 Å². The molecule has 0 aliphatic rings. The van der Waals surface area contributed by atoms with Crippen LogP contribution >= 0.6 is 23.2 Å². The number of aromatic hydroxyl groups is 1. The Bertz CT molecular complexity index is 1680. The first-order valence-electron chi connectivity index (χ1n) is 10.7. The Morgan fingerprint density at radius 2 is 1.83 bits per heavy atom. The highest BCUT2D eigenvalue weighted by atomic mass is 35.5. The molecule has 4 aromatic carbocycles. The fraction of sp³-hybridized carbons (Fsp3) is 0.0741. The number of aryl methyl sites for hydroxylation is 1. The minimum Gasteiger partial charge on any atom is -0.507 e. The summed E-state index contributed by atoms with van der Waals surface area (Å²) >= 11 is 12.2. The summed E-state index contributed by atoms with van der Waals surface area (Å²) < 4.78 is 26.8. The maximum absolute atomic E-state index is 15.4. The molecule has 0 amide bonds. The second-order valence-electron chi connectivity index (χ2n) is 8.03. The van der Waals surface area contributed by atoms with Crippen molar-refractivity contribution in [2.75, 3.05) is 0 Å². The van der Waals surface area contributed by atoms with Gasteiger partial charge >= 0.3 is 0 Å². The Balaban J connectivity index is 1.45. The molecular formula is C27H16Cl2FN3O3. The van der Waals surface area contributed by atoms with Crippen LogP contribution in [-0.4, -0.2) is 15.3 Å². The molecule has 5 aromatic rings. The van der Waals surface area contributed by atoms with Crippen molar-refractivity contribution in [2.45, 2.75) is 13.3 Å². The standard InChI is InChI=1S/C27H16Cl2FN3O3/c1-14-19-4-2-3-5-20(19)23(34)12-21(14)27-33-32-24(36-27)10-16-6-7-22(29)26(25(16)30)35-18-9-15(13-31)8-17(28)11-18/h2-9,11-12,34H,10H2,1H3. The summed E-state index contributed by atoms with van der Waals surface area (Å²) in [6, 6.07) is 18.3. The van der Waals surface area contributed by atoms with Gasteiger partial charge in [0.1, 0.15) is 11.5 Å². The van der Waals surface area contributed by atoms with Gasteiger partial charge in [-0.15, -0.1) is 10.2 Å². The van der Waals surface area contributed by atoms with E-state index in [2.05, 4.69) is 10.2 Å². The molecule has 1 heterocycles. The molecule has 0 fully saturated rings. The average Bonchev–Trinajstić information content (AvgIpc) is 3.33. The lowest BCUT2D eigenvalue weighted by atomic mass is 9.99. The van der Waals surface area contributed by atoms with E-state index in [1.165, 1.54) is 30.3 Å². The highest BCUT2D eigenvalue weighted by molar-refractivity contribution is 6.32. The number of ether oxygens (including phenoxy) is 1. The van der Waals surface area contributed by atoms with Crippen LogP contribution < -0.4 is 4.74 Å². The number of halogens is 3. The molecule has 0 radical (unpaired) electrons. The number of fused-ring (bicyclic) bond motifs is 1. The predicted octanol–water partition coefficient (Wildman–Crippen LogP) is 7.60. The molecule has 36 heavy (non-hydrogen) atoms. The van der Waals surface area contributed by atoms with Gasteiger partial charge in [0.25, 0.3) is 0 Å². The number of nitriles is 1. The molecule has 9 heteroatoms. The molecule has 0 spiro atoms. The Morgan fingerprint density at radius 1 is 1.06 bits per heavy atom. The fourth-order valence-electron chi connectivity index (χ4n) is 3.93. The minimum absolute atomic E-state index is 0.0238. The molecule has 5 rings (SSSR count). The van der Waals surface area contributed by atoms with Crippen molar-refractivity contribution < 1.29 is 18.7 Å². The van der Waals surface area contributed by atoms with Crippen LogP contribution in [0.2, 0.25) is 10.0 Å². The van der Waals surface area contributed by atoms with Gasteiger partial charge in [-0.3, -0.25) is 0 Å². The van der Waals surface area contributed by atoms with E-state index in [-0.39, 0.29) is 56.6 Å². The molecule has 0 unspecified atom stereocenters. The van der Waals surface area contributed by atoms with Gasteiger partial charge in [-0.1, -0.05) is 53.5 Å². The molecule has 0 atom stereocenters. The fourth-order valence-corrected chi connectivity index (χ4v) is 4.34. The smallest absolute Gasteiger partial charge is 0.248 e. The highest BCUT2D eigenvalue weighted by Gasteiger charge is 2.20. The quantitative estimate of drug-likeness (QED) is 0.257. The summed E-state index contributed by atoms with van der Waals surface area (Å²) in [6.45, 7) is 1.90. The summed E-state index contributed by atoms with van der Waals surface area (Å²) in [6.07, 6.45) is -0.0238. The number of aromatic nitrogens is 2. The Kier molecular flexibility index (Phi) is 6.23. The van der Waals surface area contributed by atoms with Gasteiger partial charge in [-0.05, 0) is 48.2 Å². The summed E-state index contributed by atoms with van der Waals surface area (Å²) in [5.74, 6) is -0.285. The van der Waals surface area contributed by atoms with Crippen molar-refractivity contribution in [1.82, 2.24) is 10.2 Å². The second-order valence-corrected chi connectivity index (χ2v) is 8.87. The number of hydrogen-bond donors (Lipinski definition) is 1. The summed E-state index contributed by atoms with van der Waals surface area (Å²) in [5, 5.41) is 29.6. The summed E-state index contributed by atoms with van der Waals surface area (Å²) in [5.41, 5.74) is 1.92. The lowest BCUT2D eigenvalue weighted by molar-refractivity contribution is 0.437. The van der Waals surface area contributed by atoms with Gasteiger partial charge in [-0.2, -0.15) is 5.26 Å². The van der Waals surface area contributed by atoms with E-state index < -0.39 is 5.82 Å². The summed E-state index contributed by atoms with van der Waals surface area (Å²) in [4.78, 5) is 0. The van der Waals surface area contributed by atoms with Crippen LogP contribution in [-0.2, 0) is 6.42 Å². The Hall–Kier alpha value is -4.12. The Labute approximate surface area is 215 Å². The second kappa shape index (κ2) is 9.50. The van der Waals surface area contributed by atoms with Crippen molar-refractivity contribution in [1.29, 1.82) is 5.26 Å². The van der Waals surface area contributed by atoms with Gasteiger partial charge in [0.15, 0.2) is 11.6 Å². The first-order valence-corrected chi connectivity index (χ1v) is 11.5. The highest BCUT2D eigenvalue weighted by Crippen LogP contribution is 2.37. The molecule has 0 bridgehead atoms. The van der Waals surface area contributed by atoms with Crippen molar-refractivity contribution in [3.63, 3.8) is 0 Å². The molecular weight excluding hydrogens is 504 g/mol. The first kappa shape index (κ1) is 23.6. The van der Waals surface area contributed by atoms with E-state index in [4.69, 9.17) is 37.6 Å². The third kappa shape index (κ3) is 4.44.